The number of rotatable bonds is 4. The second-order valence-electron chi connectivity index (χ2n) is 6.20. The van der Waals surface area contributed by atoms with Gasteiger partial charge in [-0.05, 0) is 18.6 Å². The lowest BCUT2D eigenvalue weighted by Gasteiger charge is -2.09. The number of hydrogen-bond acceptors (Lipinski definition) is 3. The summed E-state index contributed by atoms with van der Waals surface area (Å²) in [6, 6.07) is 19.5. The summed E-state index contributed by atoms with van der Waals surface area (Å²) in [6.45, 7) is 1.92. The predicted molar refractivity (Wildman–Crippen MR) is 108 cm³/mol. The summed E-state index contributed by atoms with van der Waals surface area (Å²) in [5.74, 6) is -0.000122. The lowest BCUT2D eigenvalue weighted by atomic mass is 10.1. The minimum absolute atomic E-state index is 0.000122. The normalized spacial score (nSPS) is 11.8. The van der Waals surface area contributed by atoms with E-state index in [1.54, 1.807) is 15.2 Å². The van der Waals surface area contributed by atoms with Crippen LogP contribution in [0.1, 0.15) is 23.6 Å². The topological polar surface area (TPSA) is 46.3 Å². The van der Waals surface area contributed by atoms with E-state index in [9.17, 15) is 9.90 Å². The third-order valence-electron chi connectivity index (χ3n) is 4.55. The minimum Gasteiger partial charge on any atom is -0.477 e. The molecule has 4 aromatic rings. The number of hydrogen-bond donors (Lipinski definition) is 1. The van der Waals surface area contributed by atoms with Crippen molar-refractivity contribution in [3.8, 4) is 5.88 Å². The van der Waals surface area contributed by atoms with E-state index in [0.29, 0.717) is 16.9 Å². The number of thiazole rings is 1. The number of aromatic nitrogens is 2. The highest BCUT2D eigenvalue weighted by molar-refractivity contribution is 7.14. The summed E-state index contributed by atoms with van der Waals surface area (Å²) in [6.07, 6.45) is 4.09. The van der Waals surface area contributed by atoms with Crippen LogP contribution in [0.15, 0.2) is 83.1 Å². The first kappa shape index (κ1) is 17.2. The first-order valence-electron chi connectivity index (χ1n) is 8.72. The van der Waals surface area contributed by atoms with Gasteiger partial charge in [-0.1, -0.05) is 72.0 Å². The molecule has 0 spiro atoms. The first-order chi connectivity index (χ1) is 13.2. The zero-order valence-electron chi connectivity index (χ0n) is 14.9. The lowest BCUT2D eigenvalue weighted by molar-refractivity contribution is -0.522. The molecule has 27 heavy (non-hydrogen) atoms. The molecule has 2 aromatic carbocycles. The van der Waals surface area contributed by atoms with Crippen molar-refractivity contribution in [1.29, 1.82) is 0 Å². The number of aromatic hydroxyl groups is 1. The number of nitrogens with zero attached hydrogens (tertiary/aromatic N) is 2. The fourth-order valence-corrected chi connectivity index (χ4v) is 4.11. The second kappa shape index (κ2) is 7.21. The van der Waals surface area contributed by atoms with E-state index < -0.39 is 0 Å². The van der Waals surface area contributed by atoms with Crippen LogP contribution in [-0.2, 0) is 6.42 Å². The van der Waals surface area contributed by atoms with Gasteiger partial charge in [0.15, 0.2) is 0 Å². The average Bonchev–Trinajstić information content (AvgIpc) is 3.19. The van der Waals surface area contributed by atoms with Gasteiger partial charge >= 0.3 is 10.5 Å². The Balaban J connectivity index is 1.98. The second-order valence-corrected chi connectivity index (χ2v) is 7.07. The zero-order valence-corrected chi connectivity index (χ0v) is 15.7. The van der Waals surface area contributed by atoms with E-state index in [-0.39, 0.29) is 11.4 Å². The van der Waals surface area contributed by atoms with Crippen LogP contribution >= 0.6 is 11.3 Å². The van der Waals surface area contributed by atoms with Crippen LogP contribution in [0, 0.1) is 0 Å². The van der Waals surface area contributed by atoms with Crippen LogP contribution in [0.2, 0.25) is 0 Å². The standard InChI is InChI=1S/C22H18N2O2S/c1-2-19(17-11-7-4-8-12-17)24-21(26)18(15-16-9-5-3-6-10-16)20(25)23-13-14-27-22(23)24/h2-14H,15H2,1H3/p+1/b19-2+. The SMILES string of the molecule is C/C=C(\c1ccccc1)n1c(=O)c(Cc2ccccc2)c(O)[n+]2ccsc12. The molecule has 0 aliphatic rings. The highest BCUT2D eigenvalue weighted by atomic mass is 32.1. The van der Waals surface area contributed by atoms with Crippen molar-refractivity contribution in [2.24, 2.45) is 0 Å². The van der Waals surface area contributed by atoms with Crippen LogP contribution < -0.4 is 9.96 Å². The van der Waals surface area contributed by atoms with E-state index >= 15 is 0 Å². The molecule has 0 aliphatic carbocycles. The van der Waals surface area contributed by atoms with Crippen LogP contribution in [0.3, 0.4) is 0 Å². The Hall–Kier alpha value is -3.18. The Bertz CT molecular complexity index is 1180. The average molecular weight is 375 g/mol. The largest absolute Gasteiger partial charge is 0.477 e. The van der Waals surface area contributed by atoms with Gasteiger partial charge in [0.25, 0.3) is 5.88 Å². The quantitative estimate of drug-likeness (QED) is 0.551. The molecule has 1 N–H and O–H groups in total. The van der Waals surface area contributed by atoms with Gasteiger partial charge in [-0.2, -0.15) is 4.40 Å². The number of allylic oxidation sites excluding steroid dienone is 1. The fourth-order valence-electron chi connectivity index (χ4n) is 3.26. The van der Waals surface area contributed by atoms with Crippen molar-refractivity contribution in [2.75, 3.05) is 0 Å². The molecular formula is C22H19N2O2S+. The minimum atomic E-state index is -0.198. The molecule has 0 amide bonds. The summed E-state index contributed by atoms with van der Waals surface area (Å²) in [7, 11) is 0. The zero-order chi connectivity index (χ0) is 18.8. The Morgan fingerprint density at radius 1 is 1.11 bits per heavy atom. The van der Waals surface area contributed by atoms with E-state index in [1.807, 2.05) is 79.0 Å². The molecule has 5 heteroatoms. The molecule has 0 bridgehead atoms. The number of fused-ring (bicyclic) bond motifs is 1. The molecule has 2 aromatic heterocycles. The molecule has 0 atom stereocenters. The Morgan fingerprint density at radius 2 is 1.78 bits per heavy atom. The highest BCUT2D eigenvalue weighted by Gasteiger charge is 2.27. The van der Waals surface area contributed by atoms with Gasteiger partial charge < -0.3 is 5.11 Å². The third kappa shape index (κ3) is 3.06. The predicted octanol–water partition coefficient (Wildman–Crippen LogP) is 3.85. The van der Waals surface area contributed by atoms with Crippen molar-refractivity contribution >= 4 is 22.0 Å². The van der Waals surface area contributed by atoms with E-state index in [4.69, 9.17) is 0 Å². The monoisotopic (exact) mass is 375 g/mol. The summed E-state index contributed by atoms with van der Waals surface area (Å²) in [4.78, 5) is 14.1. The van der Waals surface area contributed by atoms with Gasteiger partial charge in [0.2, 0.25) is 0 Å². The Morgan fingerprint density at radius 3 is 2.44 bits per heavy atom. The van der Waals surface area contributed by atoms with Crippen molar-refractivity contribution < 1.29 is 9.51 Å². The molecule has 0 unspecified atom stereocenters. The summed E-state index contributed by atoms with van der Waals surface area (Å²) in [5, 5.41) is 12.6. The molecule has 2 heterocycles. The van der Waals surface area contributed by atoms with Crippen molar-refractivity contribution in [3.63, 3.8) is 0 Å². The third-order valence-corrected chi connectivity index (χ3v) is 5.40. The van der Waals surface area contributed by atoms with E-state index in [0.717, 1.165) is 16.8 Å². The fraction of sp³-hybridized carbons (Fsp3) is 0.0909. The van der Waals surface area contributed by atoms with Gasteiger partial charge in [0.05, 0.1) is 0 Å². The first-order valence-corrected chi connectivity index (χ1v) is 9.60. The van der Waals surface area contributed by atoms with Gasteiger partial charge in [-0.25, -0.2) is 4.79 Å². The number of benzene rings is 2. The Kier molecular flexibility index (Phi) is 4.60. The molecular weight excluding hydrogens is 356 g/mol. The molecule has 0 fully saturated rings. The van der Waals surface area contributed by atoms with Crippen molar-refractivity contribution in [1.82, 2.24) is 4.57 Å². The maximum absolute atomic E-state index is 13.4. The molecule has 0 radical (unpaired) electrons. The van der Waals surface area contributed by atoms with Gasteiger partial charge in [-0.3, -0.25) is 0 Å². The van der Waals surface area contributed by atoms with E-state index in [2.05, 4.69) is 0 Å². The molecule has 0 aliphatic heterocycles. The van der Waals surface area contributed by atoms with Crippen LogP contribution in [0.5, 0.6) is 5.88 Å². The summed E-state index contributed by atoms with van der Waals surface area (Å²) >= 11 is 1.42. The maximum Gasteiger partial charge on any atom is 0.356 e. The molecule has 0 saturated carbocycles. The summed E-state index contributed by atoms with van der Waals surface area (Å²) < 4.78 is 3.37. The summed E-state index contributed by atoms with van der Waals surface area (Å²) in [5.41, 5.74) is 2.92. The van der Waals surface area contributed by atoms with Gasteiger partial charge in [0, 0.05) is 17.4 Å². The lowest BCUT2D eigenvalue weighted by Crippen LogP contribution is -2.34. The smallest absolute Gasteiger partial charge is 0.356 e. The van der Waals surface area contributed by atoms with Crippen LogP contribution in [-0.4, -0.2) is 9.67 Å². The van der Waals surface area contributed by atoms with Crippen LogP contribution in [0.25, 0.3) is 10.7 Å². The van der Waals surface area contributed by atoms with Crippen molar-refractivity contribution in [3.05, 3.63) is 105 Å². The molecule has 4 rings (SSSR count). The Labute approximate surface area is 160 Å². The van der Waals surface area contributed by atoms with Crippen LogP contribution in [0.4, 0.5) is 0 Å². The van der Waals surface area contributed by atoms with E-state index in [1.165, 1.54) is 11.3 Å². The highest BCUT2D eigenvalue weighted by Crippen LogP contribution is 2.22. The van der Waals surface area contributed by atoms with Gasteiger partial charge in [0.1, 0.15) is 17.5 Å². The van der Waals surface area contributed by atoms with Gasteiger partial charge in [-0.15, -0.1) is 4.57 Å². The molecule has 0 saturated heterocycles. The van der Waals surface area contributed by atoms with Crippen molar-refractivity contribution in [2.45, 2.75) is 13.3 Å². The molecule has 134 valence electrons. The molecule has 4 nitrogen and oxygen atoms in total. The maximum atomic E-state index is 13.4.